The highest BCUT2D eigenvalue weighted by atomic mass is 35.5. The Morgan fingerprint density at radius 3 is 2.57 bits per heavy atom. The number of nitrogens with zero attached hydrogens (tertiary/aromatic N) is 1. The highest BCUT2D eigenvalue weighted by molar-refractivity contribution is 8.00. The van der Waals surface area contributed by atoms with E-state index in [1.165, 1.54) is 37.0 Å². The fourth-order valence-electron chi connectivity index (χ4n) is 6.03. The van der Waals surface area contributed by atoms with Crippen molar-refractivity contribution in [1.82, 2.24) is 9.55 Å². The van der Waals surface area contributed by atoms with Crippen molar-refractivity contribution in [3.63, 3.8) is 0 Å². The number of halogens is 2. The molecule has 3 nitrogen and oxygen atoms in total. The Bertz CT molecular complexity index is 1150. The molecule has 5 atom stereocenters. The molecule has 1 aliphatic heterocycles. The molecule has 154 valence electrons. The highest BCUT2D eigenvalue weighted by Crippen LogP contribution is 2.63. The van der Waals surface area contributed by atoms with Crippen LogP contribution in [0, 0.1) is 23.6 Å². The van der Waals surface area contributed by atoms with Crippen LogP contribution in [0.1, 0.15) is 42.0 Å². The van der Waals surface area contributed by atoms with Crippen LogP contribution in [0.3, 0.4) is 0 Å². The molecule has 3 aromatic rings. The van der Waals surface area contributed by atoms with Crippen molar-refractivity contribution in [1.29, 1.82) is 0 Å². The Balaban J connectivity index is 1.47. The zero-order chi connectivity index (χ0) is 20.4. The van der Waals surface area contributed by atoms with Crippen molar-refractivity contribution >= 4 is 23.4 Å². The lowest BCUT2D eigenvalue weighted by atomic mass is 9.74. The highest BCUT2D eigenvalue weighted by Gasteiger charge is 2.55. The van der Waals surface area contributed by atoms with Crippen LogP contribution in [0.2, 0.25) is 5.02 Å². The Labute approximate surface area is 183 Å². The normalized spacial score (nSPS) is 29.1. The molecular weight excluding hydrogens is 419 g/mol. The molecular formula is C24H22ClFN2OS. The van der Waals surface area contributed by atoms with Gasteiger partial charge in [-0.15, -0.1) is 11.8 Å². The summed E-state index contributed by atoms with van der Waals surface area (Å²) in [6.07, 6.45) is 3.90. The number of benzene rings is 2. The van der Waals surface area contributed by atoms with Crippen LogP contribution in [0.5, 0.6) is 0 Å². The van der Waals surface area contributed by atoms with Gasteiger partial charge < -0.3 is 4.98 Å². The molecule has 2 aromatic carbocycles. The first-order valence-electron chi connectivity index (χ1n) is 10.6. The van der Waals surface area contributed by atoms with Gasteiger partial charge in [-0.05, 0) is 72.4 Å². The maximum atomic E-state index is 13.3. The average molecular weight is 441 g/mol. The second-order valence-corrected chi connectivity index (χ2v) is 10.5. The van der Waals surface area contributed by atoms with E-state index in [1.54, 1.807) is 12.1 Å². The van der Waals surface area contributed by atoms with E-state index in [2.05, 4.69) is 17.1 Å². The summed E-state index contributed by atoms with van der Waals surface area (Å²) >= 11 is 8.06. The standard InChI is InChI=1S/C24H22ClFN2OS/c25-17-7-5-14(6-8-17)19-20-15-3-4-16(11-15)22(20)30-23-21(19)27-24(29)28(23)12-13-1-9-18(26)10-2-13/h1-2,5-10,15-16,19-20,22H,3-4,11-12H2,(H,27,29)/t15-,16+,19+,20-,22+/m1/s1. The van der Waals surface area contributed by atoms with Gasteiger partial charge in [0.15, 0.2) is 0 Å². The smallest absolute Gasteiger partial charge is 0.308 e. The van der Waals surface area contributed by atoms with Crippen LogP contribution in [0.25, 0.3) is 0 Å². The molecule has 0 spiro atoms. The van der Waals surface area contributed by atoms with E-state index in [-0.39, 0.29) is 17.4 Å². The summed E-state index contributed by atoms with van der Waals surface area (Å²) in [5.41, 5.74) is 3.13. The predicted molar refractivity (Wildman–Crippen MR) is 118 cm³/mol. The van der Waals surface area contributed by atoms with Crippen molar-refractivity contribution in [2.24, 2.45) is 17.8 Å². The summed E-state index contributed by atoms with van der Waals surface area (Å²) in [6, 6.07) is 14.6. The van der Waals surface area contributed by atoms with Crippen LogP contribution in [0.4, 0.5) is 4.39 Å². The number of H-pyrrole nitrogens is 1. The number of hydrogen-bond donors (Lipinski definition) is 1. The van der Waals surface area contributed by atoms with Gasteiger partial charge in [0.2, 0.25) is 0 Å². The average Bonchev–Trinajstić information content (AvgIpc) is 3.43. The first-order chi connectivity index (χ1) is 14.6. The van der Waals surface area contributed by atoms with E-state index in [9.17, 15) is 9.18 Å². The van der Waals surface area contributed by atoms with Crippen LogP contribution < -0.4 is 5.69 Å². The first-order valence-corrected chi connectivity index (χ1v) is 11.8. The summed E-state index contributed by atoms with van der Waals surface area (Å²) in [7, 11) is 0. The number of thioether (sulfide) groups is 1. The van der Waals surface area contributed by atoms with Crippen molar-refractivity contribution in [3.8, 4) is 0 Å². The molecule has 1 aromatic heterocycles. The predicted octanol–water partition coefficient (Wildman–Crippen LogP) is 5.67. The van der Waals surface area contributed by atoms with Gasteiger partial charge in [0.05, 0.1) is 17.3 Å². The molecule has 2 bridgehead atoms. The Morgan fingerprint density at radius 1 is 1.07 bits per heavy atom. The molecule has 2 aliphatic carbocycles. The second-order valence-electron chi connectivity index (χ2n) is 8.88. The van der Waals surface area contributed by atoms with E-state index in [1.807, 2.05) is 28.5 Å². The summed E-state index contributed by atoms with van der Waals surface area (Å²) < 4.78 is 15.2. The maximum absolute atomic E-state index is 13.3. The monoisotopic (exact) mass is 440 g/mol. The summed E-state index contributed by atoms with van der Waals surface area (Å²) in [4.78, 5) is 16.2. The van der Waals surface area contributed by atoms with E-state index >= 15 is 0 Å². The number of hydrogen-bond acceptors (Lipinski definition) is 2. The summed E-state index contributed by atoms with van der Waals surface area (Å²) in [5, 5.41) is 2.33. The van der Waals surface area contributed by atoms with Crippen LogP contribution in [-0.4, -0.2) is 14.8 Å². The minimum Gasteiger partial charge on any atom is -0.308 e. The largest absolute Gasteiger partial charge is 0.326 e. The third-order valence-corrected chi connectivity index (χ3v) is 9.18. The number of aromatic nitrogens is 2. The van der Waals surface area contributed by atoms with Crippen molar-refractivity contribution < 1.29 is 4.39 Å². The topological polar surface area (TPSA) is 37.8 Å². The van der Waals surface area contributed by atoms with Crippen LogP contribution >= 0.6 is 23.4 Å². The molecule has 2 saturated carbocycles. The number of aromatic amines is 1. The molecule has 2 fully saturated rings. The molecule has 0 radical (unpaired) electrons. The van der Waals surface area contributed by atoms with Crippen molar-refractivity contribution in [2.45, 2.75) is 42.0 Å². The minimum atomic E-state index is -0.260. The molecule has 2 heterocycles. The number of imidazole rings is 1. The Kier molecular flexibility index (Phi) is 4.40. The Hall–Kier alpha value is -1.98. The summed E-state index contributed by atoms with van der Waals surface area (Å²) in [5.74, 6) is 1.95. The molecule has 6 rings (SSSR count). The molecule has 0 saturated heterocycles. The van der Waals surface area contributed by atoms with E-state index in [4.69, 9.17) is 11.6 Å². The van der Waals surface area contributed by atoms with E-state index in [0.717, 1.165) is 33.1 Å². The molecule has 1 N–H and O–H groups in total. The number of rotatable bonds is 3. The van der Waals surface area contributed by atoms with Gasteiger partial charge in [0.25, 0.3) is 0 Å². The van der Waals surface area contributed by atoms with Gasteiger partial charge in [0, 0.05) is 16.2 Å². The zero-order valence-electron chi connectivity index (χ0n) is 16.4. The molecule has 0 unspecified atom stereocenters. The SMILES string of the molecule is O=c1[nH]c2c(n1Cc1ccc(F)cc1)S[C@H]1[C@H]3CC[C@H](C3)[C@@H]1[C@@H]2c1ccc(Cl)cc1. The van der Waals surface area contributed by atoms with Gasteiger partial charge in [0.1, 0.15) is 5.82 Å². The van der Waals surface area contributed by atoms with Gasteiger partial charge in [-0.25, -0.2) is 9.18 Å². The van der Waals surface area contributed by atoms with Gasteiger partial charge in [-0.1, -0.05) is 35.9 Å². The van der Waals surface area contributed by atoms with Crippen molar-refractivity contribution in [3.05, 3.63) is 86.7 Å². The third kappa shape index (κ3) is 2.89. The number of fused-ring (bicyclic) bond motifs is 6. The molecule has 3 aliphatic rings. The Morgan fingerprint density at radius 2 is 1.80 bits per heavy atom. The minimum absolute atomic E-state index is 0.0805. The van der Waals surface area contributed by atoms with Gasteiger partial charge in [-0.2, -0.15) is 0 Å². The van der Waals surface area contributed by atoms with E-state index in [0.29, 0.717) is 17.7 Å². The lowest BCUT2D eigenvalue weighted by molar-refractivity contribution is 0.301. The van der Waals surface area contributed by atoms with Crippen LogP contribution in [0.15, 0.2) is 58.4 Å². The van der Waals surface area contributed by atoms with Crippen molar-refractivity contribution in [2.75, 3.05) is 0 Å². The van der Waals surface area contributed by atoms with Gasteiger partial charge in [-0.3, -0.25) is 4.57 Å². The van der Waals surface area contributed by atoms with Crippen LogP contribution in [-0.2, 0) is 6.54 Å². The number of nitrogens with one attached hydrogen (secondary N) is 1. The van der Waals surface area contributed by atoms with E-state index < -0.39 is 0 Å². The zero-order valence-corrected chi connectivity index (χ0v) is 17.9. The first kappa shape index (κ1) is 18.8. The summed E-state index contributed by atoms with van der Waals surface area (Å²) in [6.45, 7) is 0.455. The fraction of sp³-hybridized carbons (Fsp3) is 0.375. The molecule has 0 amide bonds. The second kappa shape index (κ2) is 7.03. The fourth-order valence-corrected chi connectivity index (χ4v) is 7.97. The van der Waals surface area contributed by atoms with Gasteiger partial charge >= 0.3 is 5.69 Å². The lowest BCUT2D eigenvalue weighted by Gasteiger charge is -2.40. The molecule has 6 heteroatoms. The lowest BCUT2D eigenvalue weighted by Crippen LogP contribution is -2.34. The molecule has 30 heavy (non-hydrogen) atoms. The maximum Gasteiger partial charge on any atom is 0.326 e. The third-order valence-electron chi connectivity index (χ3n) is 7.29. The quantitative estimate of drug-likeness (QED) is 0.569.